The molecule has 0 bridgehead atoms. The van der Waals surface area contributed by atoms with Crippen LogP contribution in [-0.4, -0.2) is 12.6 Å². The molecule has 0 fully saturated rings. The lowest BCUT2D eigenvalue weighted by atomic mass is 9.84. The molecule has 0 saturated heterocycles. The second-order valence-corrected chi connectivity index (χ2v) is 8.16. The molecule has 0 aliphatic rings. The number of nitrogens with one attached hydrogen (secondary N) is 1. The fraction of sp³-hybridized carbons (Fsp3) is 0.714. The third-order valence-corrected chi connectivity index (χ3v) is 4.68. The standard InChI is InChI=1S/C14H24BrNS/c1-5-10-16-12(14(2,3)4)8-6-11-7-9-13(15)17-11/h7,9,12,16H,5-6,8,10H2,1-4H3. The van der Waals surface area contributed by atoms with Gasteiger partial charge in [-0.25, -0.2) is 0 Å². The number of aryl methyl sites for hydroxylation is 1. The molecule has 1 aromatic heterocycles. The Morgan fingerprint density at radius 3 is 2.53 bits per heavy atom. The number of hydrogen-bond acceptors (Lipinski definition) is 2. The molecule has 1 N–H and O–H groups in total. The number of halogens is 1. The van der Waals surface area contributed by atoms with E-state index in [0.29, 0.717) is 11.5 Å². The van der Waals surface area contributed by atoms with Crippen molar-refractivity contribution in [2.75, 3.05) is 6.54 Å². The smallest absolute Gasteiger partial charge is 0.0701 e. The van der Waals surface area contributed by atoms with Crippen LogP contribution in [0.25, 0.3) is 0 Å². The van der Waals surface area contributed by atoms with Gasteiger partial charge >= 0.3 is 0 Å². The first kappa shape index (κ1) is 15.2. The first-order chi connectivity index (χ1) is 7.93. The van der Waals surface area contributed by atoms with Crippen LogP contribution in [0, 0.1) is 5.41 Å². The molecular weight excluding hydrogens is 294 g/mol. The van der Waals surface area contributed by atoms with E-state index in [-0.39, 0.29) is 0 Å². The van der Waals surface area contributed by atoms with Gasteiger partial charge in [0.05, 0.1) is 3.79 Å². The minimum atomic E-state index is 0.337. The van der Waals surface area contributed by atoms with Gasteiger partial charge in [-0.1, -0.05) is 27.7 Å². The molecule has 0 aliphatic heterocycles. The molecule has 1 aromatic rings. The predicted octanol–water partition coefficient (Wildman–Crippen LogP) is 4.86. The molecule has 1 atom stereocenters. The Morgan fingerprint density at radius 2 is 2.06 bits per heavy atom. The Morgan fingerprint density at radius 1 is 1.35 bits per heavy atom. The summed E-state index contributed by atoms with van der Waals surface area (Å²) in [5.74, 6) is 0. The van der Waals surface area contributed by atoms with Crippen molar-refractivity contribution in [3.05, 3.63) is 20.8 Å². The van der Waals surface area contributed by atoms with Crippen molar-refractivity contribution in [1.29, 1.82) is 0 Å². The number of thiophene rings is 1. The van der Waals surface area contributed by atoms with E-state index in [0.717, 1.165) is 6.54 Å². The molecule has 0 spiro atoms. The maximum atomic E-state index is 3.68. The molecule has 0 aromatic carbocycles. The monoisotopic (exact) mass is 317 g/mol. The van der Waals surface area contributed by atoms with E-state index in [1.165, 1.54) is 27.9 Å². The lowest BCUT2D eigenvalue weighted by Crippen LogP contribution is -2.41. The summed E-state index contributed by atoms with van der Waals surface area (Å²) >= 11 is 5.38. The van der Waals surface area contributed by atoms with E-state index < -0.39 is 0 Å². The summed E-state index contributed by atoms with van der Waals surface area (Å²) < 4.78 is 1.24. The molecule has 98 valence electrons. The zero-order valence-corrected chi connectivity index (χ0v) is 13.7. The van der Waals surface area contributed by atoms with Crippen LogP contribution in [0.15, 0.2) is 15.9 Å². The summed E-state index contributed by atoms with van der Waals surface area (Å²) in [5, 5.41) is 3.68. The number of hydrogen-bond donors (Lipinski definition) is 1. The largest absolute Gasteiger partial charge is 0.313 e. The summed E-state index contributed by atoms with van der Waals surface area (Å²) in [6, 6.07) is 4.98. The van der Waals surface area contributed by atoms with E-state index >= 15 is 0 Å². The van der Waals surface area contributed by atoms with Gasteiger partial charge in [-0.3, -0.25) is 0 Å². The molecule has 0 amide bonds. The minimum Gasteiger partial charge on any atom is -0.313 e. The van der Waals surface area contributed by atoms with Crippen molar-refractivity contribution in [3.8, 4) is 0 Å². The lowest BCUT2D eigenvalue weighted by Gasteiger charge is -2.31. The van der Waals surface area contributed by atoms with Gasteiger partial charge in [0.25, 0.3) is 0 Å². The predicted molar refractivity (Wildman–Crippen MR) is 81.9 cm³/mol. The molecule has 1 rings (SSSR count). The van der Waals surface area contributed by atoms with E-state index in [9.17, 15) is 0 Å². The summed E-state index contributed by atoms with van der Waals surface area (Å²) in [5.41, 5.74) is 0.337. The first-order valence-corrected chi connectivity index (χ1v) is 8.02. The Bertz CT molecular complexity index is 327. The van der Waals surface area contributed by atoms with Crippen LogP contribution in [0.5, 0.6) is 0 Å². The topological polar surface area (TPSA) is 12.0 Å². The van der Waals surface area contributed by atoms with Gasteiger partial charge in [0.15, 0.2) is 0 Å². The van der Waals surface area contributed by atoms with Crippen molar-refractivity contribution >= 4 is 27.3 Å². The van der Waals surface area contributed by atoms with Crippen molar-refractivity contribution in [2.24, 2.45) is 5.41 Å². The van der Waals surface area contributed by atoms with Gasteiger partial charge in [-0.15, -0.1) is 11.3 Å². The average Bonchev–Trinajstić information content (AvgIpc) is 2.62. The SMILES string of the molecule is CCCNC(CCc1ccc(Br)s1)C(C)(C)C. The summed E-state index contributed by atoms with van der Waals surface area (Å²) in [4.78, 5) is 1.48. The molecule has 1 nitrogen and oxygen atoms in total. The fourth-order valence-corrected chi connectivity index (χ4v) is 3.43. The van der Waals surface area contributed by atoms with E-state index in [2.05, 4.69) is 61.1 Å². The van der Waals surface area contributed by atoms with Crippen LogP contribution in [0.3, 0.4) is 0 Å². The average molecular weight is 318 g/mol. The third kappa shape index (κ3) is 5.54. The highest BCUT2D eigenvalue weighted by Crippen LogP contribution is 2.27. The van der Waals surface area contributed by atoms with E-state index in [1.54, 1.807) is 0 Å². The molecule has 0 aliphatic carbocycles. The normalized spacial score (nSPS) is 13.9. The molecule has 1 unspecified atom stereocenters. The maximum Gasteiger partial charge on any atom is 0.0701 e. The van der Waals surface area contributed by atoms with Crippen molar-refractivity contribution in [1.82, 2.24) is 5.32 Å². The minimum absolute atomic E-state index is 0.337. The highest BCUT2D eigenvalue weighted by molar-refractivity contribution is 9.11. The molecule has 1 heterocycles. The van der Waals surface area contributed by atoms with Gasteiger partial charge in [0.1, 0.15) is 0 Å². The first-order valence-electron chi connectivity index (χ1n) is 6.41. The molecule has 0 radical (unpaired) electrons. The second kappa shape index (κ2) is 6.91. The van der Waals surface area contributed by atoms with Crippen LogP contribution in [-0.2, 0) is 6.42 Å². The zero-order chi connectivity index (χ0) is 12.9. The van der Waals surface area contributed by atoms with Crippen LogP contribution < -0.4 is 5.32 Å². The molecule has 3 heteroatoms. The van der Waals surface area contributed by atoms with Gasteiger partial charge in [0, 0.05) is 10.9 Å². The Labute approximate surface area is 118 Å². The van der Waals surface area contributed by atoms with Gasteiger partial charge < -0.3 is 5.32 Å². The Kier molecular flexibility index (Phi) is 6.18. The van der Waals surface area contributed by atoms with Crippen LogP contribution in [0.2, 0.25) is 0 Å². The van der Waals surface area contributed by atoms with E-state index in [4.69, 9.17) is 0 Å². The lowest BCUT2D eigenvalue weighted by molar-refractivity contribution is 0.255. The summed E-state index contributed by atoms with van der Waals surface area (Å²) in [6.45, 7) is 10.3. The van der Waals surface area contributed by atoms with Gasteiger partial charge in [-0.2, -0.15) is 0 Å². The van der Waals surface area contributed by atoms with Gasteiger partial charge in [0.2, 0.25) is 0 Å². The molecule has 17 heavy (non-hydrogen) atoms. The highest BCUT2D eigenvalue weighted by Gasteiger charge is 2.23. The Hall–Kier alpha value is 0.140. The van der Waals surface area contributed by atoms with E-state index in [1.807, 2.05) is 11.3 Å². The molecule has 0 saturated carbocycles. The molecular formula is C14H24BrNS. The highest BCUT2D eigenvalue weighted by atomic mass is 79.9. The second-order valence-electron chi connectivity index (χ2n) is 5.62. The summed E-state index contributed by atoms with van der Waals surface area (Å²) in [6.07, 6.45) is 3.60. The number of rotatable bonds is 6. The van der Waals surface area contributed by atoms with Crippen LogP contribution in [0.1, 0.15) is 45.4 Å². The quantitative estimate of drug-likeness (QED) is 0.790. The third-order valence-electron chi connectivity index (χ3n) is 2.99. The van der Waals surface area contributed by atoms with Gasteiger partial charge in [-0.05, 0) is 59.3 Å². The van der Waals surface area contributed by atoms with Crippen LogP contribution in [0.4, 0.5) is 0 Å². The van der Waals surface area contributed by atoms with Crippen LogP contribution >= 0.6 is 27.3 Å². The zero-order valence-electron chi connectivity index (χ0n) is 11.3. The maximum absolute atomic E-state index is 3.68. The fourth-order valence-electron chi connectivity index (χ4n) is 1.93. The Balaban J connectivity index is 2.49. The summed E-state index contributed by atoms with van der Waals surface area (Å²) in [7, 11) is 0. The van der Waals surface area contributed by atoms with Crippen molar-refractivity contribution in [3.63, 3.8) is 0 Å². The van der Waals surface area contributed by atoms with Crippen molar-refractivity contribution < 1.29 is 0 Å². The van der Waals surface area contributed by atoms with Crippen molar-refractivity contribution in [2.45, 2.75) is 53.0 Å².